The molecule has 0 saturated heterocycles. The van der Waals surface area contributed by atoms with Crippen molar-refractivity contribution >= 4 is 40.5 Å². The third-order valence-electron chi connectivity index (χ3n) is 1.18. The number of carbonyl (C=O) groups excluding carboxylic acids is 1. The van der Waals surface area contributed by atoms with E-state index >= 15 is 0 Å². The minimum absolute atomic E-state index is 0.495. The highest BCUT2D eigenvalue weighted by atomic mass is 127. The summed E-state index contributed by atoms with van der Waals surface area (Å²) >= 11 is 7.63. The zero-order chi connectivity index (χ0) is 9.40. The highest BCUT2D eigenvalue weighted by molar-refractivity contribution is 14.1. The summed E-state index contributed by atoms with van der Waals surface area (Å²) < 4.78 is 1.03. The average Bonchev–Trinajstić information content (AvgIpc) is 2.07. The SMILES string of the molecule is C\C=C(C=O)/C=C\C(I)=C/CCl. The van der Waals surface area contributed by atoms with Crippen molar-refractivity contribution in [3.8, 4) is 0 Å². The van der Waals surface area contributed by atoms with Gasteiger partial charge in [0.25, 0.3) is 0 Å². The van der Waals surface area contributed by atoms with Crippen molar-refractivity contribution < 1.29 is 4.79 Å². The molecule has 0 atom stereocenters. The lowest BCUT2D eigenvalue weighted by atomic mass is 10.2. The first-order chi connectivity index (χ1) is 5.74. The lowest BCUT2D eigenvalue weighted by Gasteiger charge is -1.88. The molecular formula is C9H10ClIO. The van der Waals surface area contributed by atoms with Gasteiger partial charge in [0.1, 0.15) is 6.29 Å². The fourth-order valence-electron chi connectivity index (χ4n) is 0.521. The molecule has 66 valence electrons. The average molecular weight is 297 g/mol. The van der Waals surface area contributed by atoms with Crippen molar-refractivity contribution in [1.29, 1.82) is 0 Å². The first-order valence-corrected chi connectivity index (χ1v) is 5.07. The number of allylic oxidation sites excluding steroid dienone is 6. The second kappa shape index (κ2) is 7.55. The van der Waals surface area contributed by atoms with Gasteiger partial charge in [0, 0.05) is 15.0 Å². The Morgan fingerprint density at radius 1 is 1.50 bits per heavy atom. The molecule has 1 nitrogen and oxygen atoms in total. The number of aldehydes is 1. The Balaban J connectivity index is 4.23. The largest absolute Gasteiger partial charge is 0.298 e. The fourth-order valence-corrected chi connectivity index (χ4v) is 1.35. The van der Waals surface area contributed by atoms with Crippen LogP contribution >= 0.6 is 34.2 Å². The van der Waals surface area contributed by atoms with Crippen LogP contribution in [0.15, 0.2) is 33.5 Å². The molecule has 0 aliphatic rings. The van der Waals surface area contributed by atoms with Crippen LogP contribution in [-0.2, 0) is 4.79 Å². The van der Waals surface area contributed by atoms with Crippen molar-refractivity contribution in [1.82, 2.24) is 0 Å². The van der Waals surface area contributed by atoms with E-state index in [-0.39, 0.29) is 0 Å². The summed E-state index contributed by atoms with van der Waals surface area (Å²) in [6.45, 7) is 1.83. The lowest BCUT2D eigenvalue weighted by Crippen LogP contribution is -1.76. The fraction of sp³-hybridized carbons (Fsp3) is 0.222. The molecule has 0 aliphatic heterocycles. The zero-order valence-corrected chi connectivity index (χ0v) is 9.67. The molecule has 12 heavy (non-hydrogen) atoms. The maximum absolute atomic E-state index is 10.3. The Morgan fingerprint density at radius 2 is 2.17 bits per heavy atom. The van der Waals surface area contributed by atoms with E-state index in [1.807, 2.05) is 19.1 Å². The van der Waals surface area contributed by atoms with Gasteiger partial charge in [-0.15, -0.1) is 11.6 Å². The van der Waals surface area contributed by atoms with Crippen LogP contribution in [0, 0.1) is 0 Å². The van der Waals surface area contributed by atoms with E-state index in [0.717, 1.165) is 9.87 Å². The molecule has 0 aliphatic carbocycles. The van der Waals surface area contributed by atoms with Gasteiger partial charge in [-0.3, -0.25) is 4.79 Å². The van der Waals surface area contributed by atoms with Gasteiger partial charge in [-0.25, -0.2) is 0 Å². The molecule has 0 saturated carbocycles. The molecule has 0 aromatic rings. The Bertz CT molecular complexity index is 229. The molecule has 0 unspecified atom stereocenters. The Morgan fingerprint density at radius 3 is 2.58 bits per heavy atom. The first kappa shape index (κ1) is 11.9. The molecule has 0 radical (unpaired) electrons. The van der Waals surface area contributed by atoms with Crippen molar-refractivity contribution in [3.05, 3.63) is 33.5 Å². The van der Waals surface area contributed by atoms with Crippen LogP contribution < -0.4 is 0 Å². The highest BCUT2D eigenvalue weighted by Crippen LogP contribution is 2.09. The number of hydrogen-bond acceptors (Lipinski definition) is 1. The normalized spacial score (nSPS) is 13.9. The maximum atomic E-state index is 10.3. The van der Waals surface area contributed by atoms with Gasteiger partial charge >= 0.3 is 0 Å². The van der Waals surface area contributed by atoms with Crippen LogP contribution in [-0.4, -0.2) is 12.2 Å². The molecule has 0 bridgehead atoms. The van der Waals surface area contributed by atoms with Crippen LogP contribution in [0.1, 0.15) is 6.92 Å². The number of halogens is 2. The molecule has 0 spiro atoms. The van der Waals surface area contributed by atoms with Gasteiger partial charge in [-0.2, -0.15) is 0 Å². The van der Waals surface area contributed by atoms with Crippen molar-refractivity contribution in [3.63, 3.8) is 0 Å². The van der Waals surface area contributed by atoms with Crippen molar-refractivity contribution in [2.45, 2.75) is 6.92 Å². The van der Waals surface area contributed by atoms with Crippen LogP contribution in [0.3, 0.4) is 0 Å². The minimum Gasteiger partial charge on any atom is -0.298 e. The predicted molar refractivity (Wildman–Crippen MR) is 61.8 cm³/mol. The molecule has 3 heteroatoms. The second-order valence-electron chi connectivity index (χ2n) is 1.98. The topological polar surface area (TPSA) is 17.1 Å². The van der Waals surface area contributed by atoms with Gasteiger partial charge in [-0.05, 0) is 35.6 Å². The maximum Gasteiger partial charge on any atom is 0.149 e. The van der Waals surface area contributed by atoms with Gasteiger partial charge in [0.2, 0.25) is 0 Å². The Hall–Kier alpha value is -0.0900. The van der Waals surface area contributed by atoms with Crippen LogP contribution in [0.2, 0.25) is 0 Å². The monoisotopic (exact) mass is 296 g/mol. The van der Waals surface area contributed by atoms with Gasteiger partial charge in [0.05, 0.1) is 0 Å². The molecule has 0 heterocycles. The van der Waals surface area contributed by atoms with E-state index in [2.05, 4.69) is 22.6 Å². The summed E-state index contributed by atoms with van der Waals surface area (Å²) in [4.78, 5) is 10.3. The minimum atomic E-state index is 0.495. The molecule has 0 rings (SSSR count). The summed E-state index contributed by atoms with van der Waals surface area (Å²) in [5.41, 5.74) is 0.673. The van der Waals surface area contributed by atoms with E-state index in [9.17, 15) is 4.79 Å². The number of carbonyl (C=O) groups is 1. The van der Waals surface area contributed by atoms with Crippen LogP contribution in [0.5, 0.6) is 0 Å². The molecule has 0 aromatic heterocycles. The summed E-state index contributed by atoms with van der Waals surface area (Å²) in [7, 11) is 0. The van der Waals surface area contributed by atoms with Gasteiger partial charge in [-0.1, -0.05) is 18.2 Å². The van der Waals surface area contributed by atoms with E-state index in [4.69, 9.17) is 11.6 Å². The van der Waals surface area contributed by atoms with Crippen molar-refractivity contribution in [2.24, 2.45) is 0 Å². The van der Waals surface area contributed by atoms with E-state index in [1.165, 1.54) is 0 Å². The molecule has 0 amide bonds. The van der Waals surface area contributed by atoms with Gasteiger partial charge in [0.15, 0.2) is 0 Å². The Labute approximate surface area is 91.3 Å². The van der Waals surface area contributed by atoms with Gasteiger partial charge < -0.3 is 0 Å². The number of hydrogen-bond donors (Lipinski definition) is 0. The second-order valence-corrected chi connectivity index (χ2v) is 3.54. The van der Waals surface area contributed by atoms with E-state index < -0.39 is 0 Å². The third-order valence-corrected chi connectivity index (χ3v) is 2.13. The lowest BCUT2D eigenvalue weighted by molar-refractivity contribution is -0.104. The van der Waals surface area contributed by atoms with E-state index in [0.29, 0.717) is 11.5 Å². The Kier molecular flexibility index (Phi) is 7.50. The zero-order valence-electron chi connectivity index (χ0n) is 6.76. The summed E-state index contributed by atoms with van der Waals surface area (Å²) in [5.74, 6) is 0.495. The smallest absolute Gasteiger partial charge is 0.149 e. The molecular weight excluding hydrogens is 286 g/mol. The quantitative estimate of drug-likeness (QED) is 0.256. The number of alkyl halides is 1. The third kappa shape index (κ3) is 5.55. The summed E-state index contributed by atoms with van der Waals surface area (Å²) in [6, 6.07) is 0. The van der Waals surface area contributed by atoms with Crippen molar-refractivity contribution in [2.75, 3.05) is 5.88 Å². The predicted octanol–water partition coefficient (Wildman–Crippen LogP) is 3.25. The van der Waals surface area contributed by atoms with Crippen LogP contribution in [0.25, 0.3) is 0 Å². The van der Waals surface area contributed by atoms with Crippen LogP contribution in [0.4, 0.5) is 0 Å². The summed E-state index contributed by atoms with van der Waals surface area (Å²) in [6.07, 6.45) is 8.07. The highest BCUT2D eigenvalue weighted by Gasteiger charge is 1.86. The first-order valence-electron chi connectivity index (χ1n) is 3.45. The summed E-state index contributed by atoms with van der Waals surface area (Å²) in [5, 5.41) is 0. The standard InChI is InChI=1S/C9H10ClIO/c1-2-8(7-12)3-4-9(11)5-6-10/h2-5,7H,6H2,1H3/b4-3-,8-2+,9-5+. The molecule has 0 aromatic carbocycles. The molecule has 0 fully saturated rings. The van der Waals surface area contributed by atoms with E-state index in [1.54, 1.807) is 12.2 Å². The molecule has 0 N–H and O–H groups in total. The number of rotatable bonds is 4.